The lowest BCUT2D eigenvalue weighted by Gasteiger charge is -1.99. The van der Waals surface area contributed by atoms with Crippen LogP contribution in [0.1, 0.15) is 6.42 Å². The monoisotopic (exact) mass is 135 g/mol. The third kappa shape index (κ3) is 1.11. The predicted molar refractivity (Wildman–Crippen MR) is 29.9 cm³/mol. The van der Waals surface area contributed by atoms with Crippen LogP contribution in [0.25, 0.3) is 0 Å². The van der Waals surface area contributed by atoms with Crippen LogP contribution in [0.3, 0.4) is 0 Å². The summed E-state index contributed by atoms with van der Waals surface area (Å²) in [5.74, 6) is 0. The highest BCUT2D eigenvalue weighted by atomic mass is 35.5. The number of aliphatic hydroxyl groups excluding tert-OH is 1. The van der Waals surface area contributed by atoms with Crippen LogP contribution < -0.4 is 0 Å². The van der Waals surface area contributed by atoms with Crippen molar-refractivity contribution in [3.63, 3.8) is 0 Å². The van der Waals surface area contributed by atoms with Gasteiger partial charge in [0.05, 0.1) is 6.61 Å². The molecule has 0 saturated heterocycles. The normalized spacial score (nSPS) is 27.2. The molecule has 1 atom stereocenters. The number of rotatable bonds is 1. The molecule has 0 bridgehead atoms. The lowest BCUT2D eigenvalue weighted by Crippen LogP contribution is -2.10. The summed E-state index contributed by atoms with van der Waals surface area (Å²) in [6.45, 7) is -0.0142. The van der Waals surface area contributed by atoms with Crippen molar-refractivity contribution in [2.75, 3.05) is 6.61 Å². The largest absolute Gasteiger partial charge is 0.392 e. The Balaban J connectivity index is 2.32. The van der Waals surface area contributed by atoms with E-state index in [4.69, 9.17) is 16.7 Å². The summed E-state index contributed by atoms with van der Waals surface area (Å²) in [6.07, 6.45) is 0.334. The first-order chi connectivity index (χ1) is 3.83. The molecule has 0 spiro atoms. The minimum atomic E-state index is -0.206. The summed E-state index contributed by atoms with van der Waals surface area (Å²) in [6, 6.07) is 0. The molecule has 1 unspecified atom stereocenters. The van der Waals surface area contributed by atoms with E-state index in [0.29, 0.717) is 11.6 Å². The van der Waals surface area contributed by atoms with E-state index in [0.717, 1.165) is 0 Å². The topological polar surface area (TPSA) is 41.8 Å². The van der Waals surface area contributed by atoms with Crippen LogP contribution in [0.4, 0.5) is 0 Å². The molecule has 0 aliphatic carbocycles. The molecule has 0 aromatic carbocycles. The van der Waals surface area contributed by atoms with Gasteiger partial charge in [0.1, 0.15) is 5.17 Å². The summed E-state index contributed by atoms with van der Waals surface area (Å²) in [7, 11) is 0. The molecular formula is C4H6ClNO2. The third-order valence-corrected chi connectivity index (χ3v) is 1.12. The Kier molecular flexibility index (Phi) is 1.70. The van der Waals surface area contributed by atoms with Gasteiger partial charge in [-0.05, 0) is 0 Å². The zero-order chi connectivity index (χ0) is 5.98. The Morgan fingerprint density at radius 2 is 2.75 bits per heavy atom. The SMILES string of the molecule is OCC1CC(Cl)=NO1. The fraction of sp³-hybridized carbons (Fsp3) is 0.750. The molecule has 0 amide bonds. The van der Waals surface area contributed by atoms with Crippen molar-refractivity contribution in [1.82, 2.24) is 0 Å². The first-order valence-corrected chi connectivity index (χ1v) is 2.70. The van der Waals surface area contributed by atoms with Gasteiger partial charge in [0.25, 0.3) is 0 Å². The second-order valence-corrected chi connectivity index (χ2v) is 2.02. The molecule has 46 valence electrons. The van der Waals surface area contributed by atoms with E-state index in [1.807, 2.05) is 0 Å². The maximum atomic E-state index is 8.43. The van der Waals surface area contributed by atoms with Crippen LogP contribution in [0.15, 0.2) is 5.16 Å². The van der Waals surface area contributed by atoms with Crippen molar-refractivity contribution < 1.29 is 9.94 Å². The summed E-state index contributed by atoms with van der Waals surface area (Å²) in [5, 5.41) is 12.3. The van der Waals surface area contributed by atoms with Gasteiger partial charge in [0.15, 0.2) is 6.10 Å². The molecule has 1 heterocycles. The molecule has 1 rings (SSSR count). The summed E-state index contributed by atoms with van der Waals surface area (Å²) in [5.41, 5.74) is 0. The van der Waals surface area contributed by atoms with Gasteiger partial charge in [-0.1, -0.05) is 16.8 Å². The molecule has 1 aliphatic rings. The van der Waals surface area contributed by atoms with Crippen LogP contribution in [0.2, 0.25) is 0 Å². The van der Waals surface area contributed by atoms with Gasteiger partial charge in [-0.3, -0.25) is 0 Å². The van der Waals surface area contributed by atoms with Gasteiger partial charge in [-0.15, -0.1) is 0 Å². The molecule has 1 N–H and O–H groups in total. The molecule has 1 aliphatic heterocycles. The maximum Gasteiger partial charge on any atom is 0.157 e. The molecule has 0 radical (unpaired) electrons. The highest BCUT2D eigenvalue weighted by Gasteiger charge is 2.17. The Labute approximate surface area is 51.9 Å². The van der Waals surface area contributed by atoms with Gasteiger partial charge >= 0.3 is 0 Å². The Morgan fingerprint density at radius 1 is 2.00 bits per heavy atom. The molecule has 3 nitrogen and oxygen atoms in total. The van der Waals surface area contributed by atoms with Gasteiger partial charge in [0.2, 0.25) is 0 Å². The zero-order valence-corrected chi connectivity index (χ0v) is 4.93. The van der Waals surface area contributed by atoms with Gasteiger partial charge in [-0.2, -0.15) is 0 Å². The first kappa shape index (κ1) is 5.85. The van der Waals surface area contributed by atoms with E-state index in [1.165, 1.54) is 0 Å². The standard InChI is InChI=1S/C4H6ClNO2/c5-4-1-3(2-7)8-6-4/h3,7H,1-2H2. The second-order valence-electron chi connectivity index (χ2n) is 1.58. The van der Waals surface area contributed by atoms with Crippen LogP contribution in [-0.2, 0) is 4.84 Å². The zero-order valence-electron chi connectivity index (χ0n) is 4.17. The van der Waals surface area contributed by atoms with Gasteiger partial charge in [-0.25, -0.2) is 0 Å². The van der Waals surface area contributed by atoms with Crippen LogP contribution in [0.5, 0.6) is 0 Å². The average molecular weight is 136 g/mol. The van der Waals surface area contributed by atoms with E-state index >= 15 is 0 Å². The van der Waals surface area contributed by atoms with Crippen molar-refractivity contribution in [2.45, 2.75) is 12.5 Å². The average Bonchev–Trinajstić information content (AvgIpc) is 2.14. The minimum absolute atomic E-state index is 0.0142. The summed E-state index contributed by atoms with van der Waals surface area (Å²) < 4.78 is 0. The number of halogens is 1. The lowest BCUT2D eigenvalue weighted by atomic mass is 10.3. The van der Waals surface area contributed by atoms with E-state index in [2.05, 4.69) is 9.99 Å². The third-order valence-electron chi connectivity index (χ3n) is 0.901. The summed E-state index contributed by atoms with van der Waals surface area (Å²) >= 11 is 5.40. The Bertz CT molecular complexity index is 115. The van der Waals surface area contributed by atoms with E-state index in [9.17, 15) is 0 Å². The maximum absolute atomic E-state index is 8.43. The van der Waals surface area contributed by atoms with Gasteiger partial charge < -0.3 is 9.94 Å². The van der Waals surface area contributed by atoms with Crippen LogP contribution in [0, 0.1) is 0 Å². The highest BCUT2D eigenvalue weighted by molar-refractivity contribution is 6.65. The molecule has 0 aromatic heterocycles. The lowest BCUT2D eigenvalue weighted by molar-refractivity contribution is 0.0390. The van der Waals surface area contributed by atoms with Crippen molar-refractivity contribution >= 4 is 16.8 Å². The number of oxime groups is 1. The Hall–Kier alpha value is -0.280. The van der Waals surface area contributed by atoms with E-state index < -0.39 is 0 Å². The van der Waals surface area contributed by atoms with Crippen molar-refractivity contribution in [3.05, 3.63) is 0 Å². The van der Waals surface area contributed by atoms with Crippen molar-refractivity contribution in [3.8, 4) is 0 Å². The van der Waals surface area contributed by atoms with E-state index in [-0.39, 0.29) is 12.7 Å². The summed E-state index contributed by atoms with van der Waals surface area (Å²) in [4.78, 5) is 4.62. The fourth-order valence-electron chi connectivity index (χ4n) is 0.492. The molecule has 4 heteroatoms. The number of nitrogens with zero attached hydrogens (tertiary/aromatic N) is 1. The van der Waals surface area contributed by atoms with Crippen molar-refractivity contribution in [1.29, 1.82) is 0 Å². The van der Waals surface area contributed by atoms with Crippen molar-refractivity contribution in [2.24, 2.45) is 5.16 Å². The molecule has 0 saturated carbocycles. The molecular weight excluding hydrogens is 130 g/mol. The predicted octanol–water partition coefficient (Wildman–Crippen LogP) is 0.320. The van der Waals surface area contributed by atoms with Crippen LogP contribution >= 0.6 is 11.6 Å². The fourth-order valence-corrected chi connectivity index (χ4v) is 0.704. The molecule has 0 fully saturated rings. The quantitative estimate of drug-likeness (QED) is 0.563. The highest BCUT2D eigenvalue weighted by Crippen LogP contribution is 2.11. The first-order valence-electron chi connectivity index (χ1n) is 2.32. The number of hydrogen-bond acceptors (Lipinski definition) is 3. The second kappa shape index (κ2) is 2.33. The smallest absolute Gasteiger partial charge is 0.157 e. The minimum Gasteiger partial charge on any atom is -0.392 e. The Morgan fingerprint density at radius 3 is 3.00 bits per heavy atom. The number of aliphatic hydroxyl groups is 1. The van der Waals surface area contributed by atoms with E-state index in [1.54, 1.807) is 0 Å². The molecule has 8 heavy (non-hydrogen) atoms. The van der Waals surface area contributed by atoms with Gasteiger partial charge in [0, 0.05) is 6.42 Å². The van der Waals surface area contributed by atoms with Crippen LogP contribution in [-0.4, -0.2) is 23.0 Å². The molecule has 0 aromatic rings. The number of hydrogen-bond donors (Lipinski definition) is 1.